The zero-order chi connectivity index (χ0) is 22.8. The number of carbonyl (C=O) groups excluding carboxylic acids is 1. The molecule has 170 valence electrons. The van der Waals surface area contributed by atoms with Crippen LogP contribution in [0.1, 0.15) is 44.3 Å². The fourth-order valence-electron chi connectivity index (χ4n) is 4.10. The van der Waals surface area contributed by atoms with Crippen LogP contribution in [-0.4, -0.2) is 45.2 Å². The van der Waals surface area contributed by atoms with E-state index in [0.29, 0.717) is 33.6 Å². The van der Waals surface area contributed by atoms with Crippen molar-refractivity contribution in [3.63, 3.8) is 0 Å². The molecule has 1 aliphatic rings. The summed E-state index contributed by atoms with van der Waals surface area (Å²) in [6.07, 6.45) is 2.17. The van der Waals surface area contributed by atoms with E-state index in [1.54, 1.807) is 18.4 Å². The molecular formula is C23H29N5O2S2. The van der Waals surface area contributed by atoms with Crippen LogP contribution in [0.25, 0.3) is 10.6 Å². The zero-order valence-corrected chi connectivity index (χ0v) is 20.6. The summed E-state index contributed by atoms with van der Waals surface area (Å²) in [6.45, 7) is 9.39. The van der Waals surface area contributed by atoms with Crippen molar-refractivity contribution in [2.45, 2.75) is 40.2 Å². The first-order valence-electron chi connectivity index (χ1n) is 10.9. The number of aromatic nitrogens is 3. The summed E-state index contributed by atoms with van der Waals surface area (Å²) >= 11 is 3.09. The van der Waals surface area contributed by atoms with Gasteiger partial charge in [0.1, 0.15) is 9.88 Å². The lowest BCUT2D eigenvalue weighted by molar-refractivity contribution is 0.0938. The molecule has 9 heteroatoms. The van der Waals surface area contributed by atoms with Gasteiger partial charge in [0.25, 0.3) is 11.5 Å². The standard InChI is InChI=1S/C23H29N5O2S2/c1-14-15(2)26-27(4)23(30)19(14)22-25-16(3)20(32-22)21(29)24-12-17-7-9-28(10-8-17)13-18-6-5-11-31-18/h5-6,11,17H,7-10,12-13H2,1-4H3,(H,24,29). The molecule has 0 aliphatic carbocycles. The number of amides is 1. The summed E-state index contributed by atoms with van der Waals surface area (Å²) in [6, 6.07) is 4.29. The Morgan fingerprint density at radius 2 is 1.97 bits per heavy atom. The van der Waals surface area contributed by atoms with Gasteiger partial charge in [-0.05, 0) is 69.6 Å². The number of thiazole rings is 1. The Bertz CT molecular complexity index is 1160. The van der Waals surface area contributed by atoms with Gasteiger partial charge in [0, 0.05) is 25.0 Å². The maximum atomic E-state index is 12.9. The summed E-state index contributed by atoms with van der Waals surface area (Å²) in [7, 11) is 1.64. The largest absolute Gasteiger partial charge is 0.351 e. The van der Waals surface area contributed by atoms with Crippen molar-refractivity contribution in [1.29, 1.82) is 0 Å². The third kappa shape index (κ3) is 4.84. The molecule has 32 heavy (non-hydrogen) atoms. The molecule has 0 atom stereocenters. The van der Waals surface area contributed by atoms with Gasteiger partial charge in [0.2, 0.25) is 0 Å². The van der Waals surface area contributed by atoms with E-state index in [1.165, 1.54) is 20.9 Å². The maximum absolute atomic E-state index is 12.9. The van der Waals surface area contributed by atoms with Crippen LogP contribution in [0.15, 0.2) is 22.3 Å². The Morgan fingerprint density at radius 3 is 2.66 bits per heavy atom. The van der Waals surface area contributed by atoms with Crippen molar-refractivity contribution in [1.82, 2.24) is 25.0 Å². The first-order chi connectivity index (χ1) is 15.3. The third-order valence-electron chi connectivity index (χ3n) is 6.16. The summed E-state index contributed by atoms with van der Waals surface area (Å²) in [5.41, 5.74) is 2.59. The first-order valence-corrected chi connectivity index (χ1v) is 12.6. The molecule has 3 aromatic rings. The van der Waals surface area contributed by atoms with Crippen LogP contribution >= 0.6 is 22.7 Å². The fourth-order valence-corrected chi connectivity index (χ4v) is 5.93. The Balaban J connectivity index is 1.37. The predicted octanol–water partition coefficient (Wildman–Crippen LogP) is 3.53. The minimum absolute atomic E-state index is 0.104. The van der Waals surface area contributed by atoms with Crippen molar-refractivity contribution in [3.8, 4) is 10.6 Å². The molecule has 0 spiro atoms. The Hall–Kier alpha value is -2.36. The molecule has 1 aliphatic heterocycles. The quantitative estimate of drug-likeness (QED) is 0.595. The van der Waals surface area contributed by atoms with E-state index in [0.717, 1.165) is 43.7 Å². The highest BCUT2D eigenvalue weighted by molar-refractivity contribution is 7.17. The van der Waals surface area contributed by atoms with E-state index in [2.05, 4.69) is 37.8 Å². The molecule has 0 aromatic carbocycles. The monoisotopic (exact) mass is 471 g/mol. The number of rotatable bonds is 6. The van der Waals surface area contributed by atoms with Crippen LogP contribution in [0.3, 0.4) is 0 Å². The highest BCUT2D eigenvalue weighted by Gasteiger charge is 2.23. The van der Waals surface area contributed by atoms with Crippen LogP contribution in [-0.2, 0) is 13.6 Å². The van der Waals surface area contributed by atoms with Gasteiger partial charge in [-0.15, -0.1) is 22.7 Å². The Labute approximate surface area is 196 Å². The number of nitrogens with zero attached hydrogens (tertiary/aromatic N) is 4. The van der Waals surface area contributed by atoms with E-state index in [1.807, 2.05) is 20.8 Å². The lowest BCUT2D eigenvalue weighted by Crippen LogP contribution is -2.38. The molecule has 1 amide bonds. The normalized spacial score (nSPS) is 15.2. The van der Waals surface area contributed by atoms with Crippen LogP contribution < -0.4 is 10.9 Å². The van der Waals surface area contributed by atoms with E-state index in [-0.39, 0.29) is 11.5 Å². The molecule has 0 unspecified atom stereocenters. The number of hydrogen-bond donors (Lipinski definition) is 1. The van der Waals surface area contributed by atoms with Gasteiger partial charge in [-0.2, -0.15) is 5.10 Å². The van der Waals surface area contributed by atoms with Gasteiger partial charge in [-0.1, -0.05) is 6.07 Å². The van der Waals surface area contributed by atoms with Crippen LogP contribution in [0.2, 0.25) is 0 Å². The van der Waals surface area contributed by atoms with Crippen molar-refractivity contribution in [2.75, 3.05) is 19.6 Å². The Morgan fingerprint density at radius 1 is 1.22 bits per heavy atom. The van der Waals surface area contributed by atoms with E-state index in [4.69, 9.17) is 0 Å². The fraction of sp³-hybridized carbons (Fsp3) is 0.478. The second-order valence-corrected chi connectivity index (χ2v) is 10.5. The molecule has 7 nitrogen and oxygen atoms in total. The number of hydrogen-bond acceptors (Lipinski definition) is 7. The van der Waals surface area contributed by atoms with Gasteiger partial charge in [-0.25, -0.2) is 9.67 Å². The average molecular weight is 472 g/mol. The molecule has 0 bridgehead atoms. The molecule has 1 fully saturated rings. The van der Waals surface area contributed by atoms with Crippen LogP contribution in [0.5, 0.6) is 0 Å². The molecule has 3 aromatic heterocycles. The molecule has 4 rings (SSSR count). The highest BCUT2D eigenvalue weighted by atomic mass is 32.1. The van der Waals surface area contributed by atoms with Crippen molar-refractivity contribution in [2.24, 2.45) is 13.0 Å². The smallest absolute Gasteiger partial charge is 0.277 e. The van der Waals surface area contributed by atoms with Crippen molar-refractivity contribution in [3.05, 3.63) is 54.6 Å². The average Bonchev–Trinajstić information content (AvgIpc) is 3.41. The summed E-state index contributed by atoms with van der Waals surface area (Å²) < 4.78 is 1.33. The molecule has 4 heterocycles. The number of aryl methyl sites for hydroxylation is 3. The minimum atomic E-state index is -0.192. The number of nitrogens with one attached hydrogen (secondary N) is 1. The summed E-state index contributed by atoms with van der Waals surface area (Å²) in [5.74, 6) is 0.385. The molecule has 1 saturated heterocycles. The van der Waals surface area contributed by atoms with Crippen LogP contribution in [0, 0.1) is 26.7 Å². The minimum Gasteiger partial charge on any atom is -0.351 e. The van der Waals surface area contributed by atoms with Gasteiger partial charge in [-0.3, -0.25) is 14.5 Å². The molecule has 0 saturated carbocycles. The second kappa shape index (κ2) is 9.64. The van der Waals surface area contributed by atoms with Crippen molar-refractivity contribution < 1.29 is 4.79 Å². The predicted molar refractivity (Wildman–Crippen MR) is 129 cm³/mol. The summed E-state index contributed by atoms with van der Waals surface area (Å²) in [4.78, 5) is 34.6. The van der Waals surface area contributed by atoms with Crippen LogP contribution in [0.4, 0.5) is 0 Å². The zero-order valence-electron chi connectivity index (χ0n) is 19.0. The number of thiophene rings is 1. The topological polar surface area (TPSA) is 80.1 Å². The number of likely N-dealkylation sites (tertiary alicyclic amines) is 1. The van der Waals surface area contributed by atoms with Gasteiger partial charge in [0.15, 0.2) is 0 Å². The van der Waals surface area contributed by atoms with Gasteiger partial charge in [0.05, 0.1) is 17.0 Å². The van der Waals surface area contributed by atoms with E-state index in [9.17, 15) is 9.59 Å². The third-order valence-corrected chi connectivity index (χ3v) is 8.20. The van der Waals surface area contributed by atoms with Gasteiger partial charge < -0.3 is 5.32 Å². The lowest BCUT2D eigenvalue weighted by atomic mass is 9.96. The lowest BCUT2D eigenvalue weighted by Gasteiger charge is -2.31. The maximum Gasteiger partial charge on any atom is 0.277 e. The number of piperidine rings is 1. The number of carbonyl (C=O) groups is 1. The first kappa shape index (κ1) is 22.8. The highest BCUT2D eigenvalue weighted by Crippen LogP contribution is 2.29. The second-order valence-electron chi connectivity index (χ2n) is 8.46. The SMILES string of the molecule is Cc1nc(-c2c(C)c(C)nn(C)c2=O)sc1C(=O)NCC1CCN(Cc2cccs2)CC1. The Kier molecular flexibility index (Phi) is 6.88. The molecular weight excluding hydrogens is 442 g/mol. The van der Waals surface area contributed by atoms with Gasteiger partial charge >= 0.3 is 0 Å². The summed E-state index contributed by atoms with van der Waals surface area (Å²) in [5, 5.41) is 10.0. The molecule has 0 radical (unpaired) electrons. The van der Waals surface area contributed by atoms with E-state index < -0.39 is 0 Å². The van der Waals surface area contributed by atoms with E-state index >= 15 is 0 Å². The van der Waals surface area contributed by atoms with Crippen molar-refractivity contribution >= 4 is 28.6 Å². The molecule has 1 N–H and O–H groups in total.